The zero-order chi connectivity index (χ0) is 29.9. The molecule has 1 fully saturated rings. The van der Waals surface area contributed by atoms with Crippen LogP contribution in [0.1, 0.15) is 107 Å². The molecule has 1 aliphatic carbocycles. The molecule has 0 aromatic heterocycles. The Morgan fingerprint density at radius 2 is 1.21 bits per heavy atom. The molecule has 0 heterocycles. The van der Waals surface area contributed by atoms with Gasteiger partial charge >= 0.3 is 0 Å². The first-order chi connectivity index (χ1) is 17.9. The van der Waals surface area contributed by atoms with Crippen molar-refractivity contribution in [3.8, 4) is 0 Å². The summed E-state index contributed by atoms with van der Waals surface area (Å²) in [4.78, 5) is 33.4. The third-order valence-corrected chi connectivity index (χ3v) is 9.46. The summed E-state index contributed by atoms with van der Waals surface area (Å²) in [6.07, 6.45) is 18.8. The van der Waals surface area contributed by atoms with Crippen LogP contribution in [0.5, 0.6) is 0 Å². The maximum absolute atomic E-state index is 11.9. The van der Waals surface area contributed by atoms with Crippen LogP contribution in [-0.2, 0) is 18.0 Å². The van der Waals surface area contributed by atoms with Crippen LogP contribution in [0, 0.1) is 17.3 Å². The van der Waals surface area contributed by atoms with Crippen LogP contribution < -0.4 is 14.7 Å². The summed E-state index contributed by atoms with van der Waals surface area (Å²) in [6, 6.07) is 0. The van der Waals surface area contributed by atoms with E-state index < -0.39 is 15.6 Å². The highest BCUT2D eigenvalue weighted by atomic mass is 31.3. The number of hydrogen-bond acceptors (Lipinski definition) is 7. The average molecular weight is 584 g/mol. The summed E-state index contributed by atoms with van der Waals surface area (Å²) in [7, 11) is -10.9. The highest BCUT2D eigenvalue weighted by Gasteiger charge is 2.59. The van der Waals surface area contributed by atoms with Crippen molar-refractivity contribution in [3.05, 3.63) is 58.2 Å². The Morgan fingerprint density at radius 3 is 1.69 bits per heavy atom. The first kappa shape index (κ1) is 36.0. The Kier molecular flexibility index (Phi) is 15.1. The van der Waals surface area contributed by atoms with Gasteiger partial charge in [-0.05, 0) is 117 Å². The first-order valence-corrected chi connectivity index (χ1v) is 16.8. The smallest absolute Gasteiger partial charge is 0.271 e. The average Bonchev–Trinajstić information content (AvgIpc) is 3.31. The Balaban J connectivity index is 2.85. The summed E-state index contributed by atoms with van der Waals surface area (Å²) in [5.41, 5.74) is 6.35. The molecule has 1 saturated carbocycles. The van der Waals surface area contributed by atoms with Gasteiger partial charge in [0.15, 0.2) is 0 Å². The van der Waals surface area contributed by atoms with Gasteiger partial charge in [-0.15, -0.1) is 0 Å². The zero-order valence-electron chi connectivity index (χ0n) is 25.2. The van der Waals surface area contributed by atoms with Gasteiger partial charge in [-0.25, -0.2) is 0 Å². The van der Waals surface area contributed by atoms with Crippen molar-refractivity contribution >= 4 is 15.6 Å². The molecule has 7 nitrogen and oxygen atoms in total. The topological polar surface area (TPSA) is 122 Å². The van der Waals surface area contributed by atoms with Crippen LogP contribution >= 0.6 is 15.6 Å². The van der Waals surface area contributed by atoms with Crippen molar-refractivity contribution in [2.75, 3.05) is 6.61 Å². The molecule has 39 heavy (non-hydrogen) atoms. The molecule has 1 unspecified atom stereocenters. The molecule has 1 aliphatic rings. The lowest BCUT2D eigenvalue weighted by Crippen LogP contribution is -2.20. The Labute approximate surface area is 237 Å². The molecular weight excluding hydrogens is 534 g/mol. The van der Waals surface area contributed by atoms with Crippen molar-refractivity contribution in [2.45, 2.75) is 107 Å². The maximum atomic E-state index is 11.9. The number of allylic oxidation sites excluding steroid dienone is 10. The van der Waals surface area contributed by atoms with Crippen LogP contribution in [0.15, 0.2) is 58.2 Å². The van der Waals surface area contributed by atoms with Gasteiger partial charge in [-0.1, -0.05) is 65.2 Å². The van der Waals surface area contributed by atoms with Crippen LogP contribution in [0.3, 0.4) is 0 Å². The molecule has 9 heteroatoms. The van der Waals surface area contributed by atoms with E-state index in [-0.39, 0.29) is 23.9 Å². The van der Waals surface area contributed by atoms with Crippen LogP contribution in [0.25, 0.3) is 0 Å². The lowest BCUT2D eigenvalue weighted by molar-refractivity contribution is -0.339. The summed E-state index contributed by atoms with van der Waals surface area (Å²) in [6.45, 7) is 16.6. The molecule has 1 rings (SSSR count). The van der Waals surface area contributed by atoms with Gasteiger partial charge in [-0.2, -0.15) is 0 Å². The molecule has 4 atom stereocenters. The Bertz CT molecular complexity index is 1040. The van der Waals surface area contributed by atoms with Crippen molar-refractivity contribution < 1.29 is 32.6 Å². The lowest BCUT2D eigenvalue weighted by Gasteiger charge is -2.35. The van der Waals surface area contributed by atoms with Crippen LogP contribution in [-0.4, -0.2) is 6.61 Å². The highest BCUT2D eigenvalue weighted by Crippen LogP contribution is 2.64. The van der Waals surface area contributed by atoms with E-state index in [0.29, 0.717) is 0 Å². The maximum Gasteiger partial charge on any atom is 0.271 e. The molecule has 0 radical (unpaired) electrons. The van der Waals surface area contributed by atoms with E-state index in [9.17, 15) is 23.8 Å². The SMILES string of the molecule is CC(C)=CCC/C(C)=C/CC/C(C)=C/[C@H]1[C@H](COP(=O)([O-])OP(=O)([O-])[O-])[C@]1(C)CC/C=C(\C)CCC=C(C)C. The number of phosphoric ester groups is 1. The quantitative estimate of drug-likeness (QED) is 0.121. The van der Waals surface area contributed by atoms with E-state index in [2.05, 4.69) is 90.1 Å². The van der Waals surface area contributed by atoms with Crippen molar-refractivity contribution in [3.63, 3.8) is 0 Å². The third kappa shape index (κ3) is 15.5. The molecule has 224 valence electrons. The van der Waals surface area contributed by atoms with Gasteiger partial charge in [0, 0.05) is 0 Å². The van der Waals surface area contributed by atoms with Gasteiger partial charge in [0.05, 0.1) is 14.4 Å². The predicted octanol–water partition coefficient (Wildman–Crippen LogP) is 7.46. The largest absolute Gasteiger partial charge is 0.790 e. The summed E-state index contributed by atoms with van der Waals surface area (Å²) >= 11 is 0. The standard InChI is InChI=1S/C30H52O7P2/c1-23(2)13-9-15-25(5)17-11-18-27(7)21-28-29(22-36-39(34,35)37-38(31,32)33)30(28,8)20-12-19-26(6)16-10-14-24(3)4/h13-14,17,19,21,28-29H,9-12,15-16,18,20,22H2,1-8H3,(H,34,35)(H2,31,32,33)/p-3/b25-17+,26-19+,27-21+/t28-,29-,30+/m0/s1. The minimum absolute atomic E-state index is 0.0888. The van der Waals surface area contributed by atoms with Gasteiger partial charge in [-0.3, -0.25) is 8.88 Å². The third-order valence-electron chi connectivity index (χ3n) is 7.40. The van der Waals surface area contributed by atoms with Crippen LogP contribution in [0.4, 0.5) is 0 Å². The van der Waals surface area contributed by atoms with Gasteiger partial charge in [0.1, 0.15) is 0 Å². The molecule has 0 spiro atoms. The summed E-state index contributed by atoms with van der Waals surface area (Å²) in [5, 5.41) is 0. The van der Waals surface area contributed by atoms with E-state index in [1.807, 2.05) is 0 Å². The minimum atomic E-state index is -5.71. The Morgan fingerprint density at radius 1 is 0.744 bits per heavy atom. The number of phosphoric acid groups is 2. The lowest BCUT2D eigenvalue weighted by atomic mass is 9.95. The molecule has 0 aliphatic heterocycles. The molecule has 0 amide bonds. The second-order valence-corrected chi connectivity index (χ2v) is 14.4. The number of rotatable bonds is 18. The van der Waals surface area contributed by atoms with E-state index in [0.717, 1.165) is 51.4 Å². The second kappa shape index (κ2) is 16.4. The van der Waals surface area contributed by atoms with Crippen molar-refractivity contribution in [1.82, 2.24) is 0 Å². The van der Waals surface area contributed by atoms with Crippen molar-refractivity contribution in [2.24, 2.45) is 17.3 Å². The Hall–Kier alpha value is -1.04. The molecule has 0 bridgehead atoms. The van der Waals surface area contributed by atoms with Crippen molar-refractivity contribution in [1.29, 1.82) is 0 Å². The summed E-state index contributed by atoms with van der Waals surface area (Å²) in [5.74, 6) is -0.0392. The van der Waals surface area contributed by atoms with Gasteiger partial charge in [0.25, 0.3) is 7.82 Å². The summed E-state index contributed by atoms with van der Waals surface area (Å²) < 4.78 is 31.1. The molecule has 0 aromatic carbocycles. The molecular formula is C30H49O7P2-3. The number of hydrogen-bond donors (Lipinski definition) is 0. The van der Waals surface area contributed by atoms with E-state index in [1.54, 1.807) is 0 Å². The van der Waals surface area contributed by atoms with Gasteiger partial charge < -0.3 is 23.8 Å². The monoisotopic (exact) mass is 583 g/mol. The second-order valence-electron chi connectivity index (χ2n) is 11.7. The van der Waals surface area contributed by atoms with E-state index >= 15 is 0 Å². The van der Waals surface area contributed by atoms with E-state index in [1.165, 1.54) is 27.9 Å². The van der Waals surface area contributed by atoms with Gasteiger partial charge in [0.2, 0.25) is 0 Å². The van der Waals surface area contributed by atoms with E-state index in [4.69, 9.17) is 4.52 Å². The fourth-order valence-corrected chi connectivity index (χ4v) is 6.43. The normalized spacial score (nSPS) is 23.8. The molecule has 0 saturated heterocycles. The zero-order valence-corrected chi connectivity index (χ0v) is 26.9. The molecule has 0 aromatic rings. The minimum Gasteiger partial charge on any atom is -0.790 e. The first-order valence-electron chi connectivity index (χ1n) is 13.9. The van der Waals surface area contributed by atoms with Crippen LogP contribution in [0.2, 0.25) is 0 Å². The highest BCUT2D eigenvalue weighted by molar-refractivity contribution is 7.58. The fraction of sp³-hybridized carbons (Fsp3) is 0.667. The molecule has 0 N–H and O–H groups in total. The predicted molar refractivity (Wildman–Crippen MR) is 154 cm³/mol. The fourth-order valence-electron chi connectivity index (χ4n) is 4.92.